The zero-order chi connectivity index (χ0) is 20.4. The summed E-state index contributed by atoms with van der Waals surface area (Å²) in [5, 5.41) is 0. The van der Waals surface area contributed by atoms with Gasteiger partial charge in [-0.1, -0.05) is 12.1 Å². The maximum absolute atomic E-state index is 12.6. The van der Waals surface area contributed by atoms with Crippen molar-refractivity contribution < 1.29 is 23.5 Å². The molecule has 0 aliphatic rings. The second-order valence-corrected chi connectivity index (χ2v) is 6.48. The van der Waals surface area contributed by atoms with Crippen molar-refractivity contribution in [2.24, 2.45) is 0 Å². The van der Waals surface area contributed by atoms with E-state index < -0.39 is 17.9 Å². The molecule has 0 amide bonds. The van der Waals surface area contributed by atoms with Gasteiger partial charge in [-0.2, -0.15) is 0 Å². The maximum Gasteiger partial charge on any atom is 0.331 e. The lowest BCUT2D eigenvalue weighted by molar-refractivity contribution is -0.140. The number of oxazole rings is 1. The number of ether oxygens (including phenoxy) is 1. The fraction of sp³-hybridized carbons (Fsp3) is 0.238. The van der Waals surface area contributed by atoms with Crippen molar-refractivity contribution in [1.82, 2.24) is 9.97 Å². The lowest BCUT2D eigenvalue weighted by Gasteiger charge is -2.10. The molecule has 144 valence electrons. The fourth-order valence-corrected chi connectivity index (χ4v) is 3.10. The molecule has 0 saturated carbocycles. The number of carbonyl (C=O) groups excluding carboxylic acids is 3. The van der Waals surface area contributed by atoms with Gasteiger partial charge in [-0.25, -0.2) is 9.78 Å². The highest BCUT2D eigenvalue weighted by Crippen LogP contribution is 2.20. The van der Waals surface area contributed by atoms with Gasteiger partial charge in [0.2, 0.25) is 11.7 Å². The number of ketones is 2. The Bertz CT molecular complexity index is 1070. The van der Waals surface area contributed by atoms with Crippen LogP contribution in [0, 0.1) is 13.8 Å². The van der Waals surface area contributed by atoms with E-state index in [4.69, 9.17) is 9.15 Å². The molecule has 3 aromatic rings. The van der Waals surface area contributed by atoms with Crippen molar-refractivity contribution in [3.8, 4) is 0 Å². The van der Waals surface area contributed by atoms with Gasteiger partial charge >= 0.3 is 5.97 Å². The largest absolute Gasteiger partial charge is 0.451 e. The number of aryl methyl sites for hydroxylation is 1. The normalized spacial score (nSPS) is 12.4. The molecule has 0 aliphatic heterocycles. The molecule has 0 fully saturated rings. The molecule has 0 spiro atoms. The number of Topliss-reactive ketones (excluding diaryl/α,β-unsaturated/α-hetero) is 2. The number of fused-ring (bicyclic) bond motifs is 1. The van der Waals surface area contributed by atoms with E-state index in [0.29, 0.717) is 27.9 Å². The minimum absolute atomic E-state index is 0.129. The minimum Gasteiger partial charge on any atom is -0.451 e. The van der Waals surface area contributed by atoms with Gasteiger partial charge in [-0.15, -0.1) is 0 Å². The van der Waals surface area contributed by atoms with Crippen molar-refractivity contribution >= 4 is 34.7 Å². The third kappa shape index (κ3) is 3.78. The molecule has 2 aromatic heterocycles. The Morgan fingerprint density at radius 2 is 1.93 bits per heavy atom. The van der Waals surface area contributed by atoms with Crippen molar-refractivity contribution in [2.75, 3.05) is 0 Å². The zero-order valence-electron chi connectivity index (χ0n) is 16.0. The minimum atomic E-state index is -1.02. The summed E-state index contributed by atoms with van der Waals surface area (Å²) in [5.41, 5.74) is 3.21. The molecule has 7 nitrogen and oxygen atoms in total. The lowest BCUT2D eigenvalue weighted by Crippen LogP contribution is -2.24. The molecule has 0 bridgehead atoms. The maximum atomic E-state index is 12.6. The standard InChI is InChI=1S/C21H20N2O5/c1-11-19(13(3)24)12(2)22-20(11)21(26)14(4)27-18(25)10-9-17-23-15-7-5-6-8-16(15)28-17/h5-10,14,22H,1-4H3/b10-9+. The van der Waals surface area contributed by atoms with Gasteiger partial charge in [0.25, 0.3) is 0 Å². The zero-order valence-corrected chi connectivity index (χ0v) is 16.0. The first-order valence-electron chi connectivity index (χ1n) is 8.76. The van der Waals surface area contributed by atoms with Gasteiger partial charge < -0.3 is 14.1 Å². The van der Waals surface area contributed by atoms with Crippen LogP contribution in [0.25, 0.3) is 17.2 Å². The van der Waals surface area contributed by atoms with E-state index in [1.807, 2.05) is 12.1 Å². The highest BCUT2D eigenvalue weighted by atomic mass is 16.5. The monoisotopic (exact) mass is 380 g/mol. The highest BCUT2D eigenvalue weighted by molar-refractivity contribution is 6.05. The van der Waals surface area contributed by atoms with Crippen molar-refractivity contribution in [3.63, 3.8) is 0 Å². The first kappa shape index (κ1) is 19.3. The van der Waals surface area contributed by atoms with E-state index in [0.717, 1.165) is 6.08 Å². The third-order valence-corrected chi connectivity index (χ3v) is 4.37. The number of esters is 1. The molecular formula is C21H20N2O5. The first-order chi connectivity index (χ1) is 13.3. The van der Waals surface area contributed by atoms with Crippen LogP contribution in [0.1, 0.15) is 51.8 Å². The number of nitrogens with one attached hydrogen (secondary N) is 1. The van der Waals surface area contributed by atoms with Gasteiger partial charge in [0.15, 0.2) is 17.5 Å². The van der Waals surface area contributed by atoms with Crippen molar-refractivity contribution in [2.45, 2.75) is 33.8 Å². The summed E-state index contributed by atoms with van der Waals surface area (Å²) in [6, 6.07) is 7.23. The molecule has 3 rings (SSSR count). The molecule has 28 heavy (non-hydrogen) atoms. The van der Waals surface area contributed by atoms with Crippen LogP contribution in [0.2, 0.25) is 0 Å². The number of H-pyrrole nitrogens is 1. The van der Waals surface area contributed by atoms with Gasteiger partial charge in [-0.3, -0.25) is 9.59 Å². The Balaban J connectivity index is 1.69. The summed E-state index contributed by atoms with van der Waals surface area (Å²) in [6.07, 6.45) is 1.53. The third-order valence-electron chi connectivity index (χ3n) is 4.37. The van der Waals surface area contributed by atoms with E-state index in [1.165, 1.54) is 19.9 Å². The molecule has 1 aromatic carbocycles. The van der Waals surface area contributed by atoms with Crippen LogP contribution in [0.3, 0.4) is 0 Å². The first-order valence-corrected chi connectivity index (χ1v) is 8.76. The summed E-state index contributed by atoms with van der Waals surface area (Å²) >= 11 is 0. The quantitative estimate of drug-likeness (QED) is 0.396. The summed E-state index contributed by atoms with van der Waals surface area (Å²) in [7, 11) is 0. The topological polar surface area (TPSA) is 102 Å². The van der Waals surface area contributed by atoms with Crippen LogP contribution in [0.4, 0.5) is 0 Å². The molecule has 1 atom stereocenters. The number of carbonyl (C=O) groups is 3. The molecule has 2 heterocycles. The van der Waals surface area contributed by atoms with Crippen LogP contribution in [-0.4, -0.2) is 33.6 Å². The summed E-state index contributed by atoms with van der Waals surface area (Å²) in [6.45, 7) is 6.34. The molecular weight excluding hydrogens is 360 g/mol. The molecule has 1 unspecified atom stereocenters. The van der Waals surface area contributed by atoms with Crippen molar-refractivity contribution in [1.29, 1.82) is 0 Å². The van der Waals surface area contributed by atoms with Crippen LogP contribution in [0.5, 0.6) is 0 Å². The van der Waals surface area contributed by atoms with Crippen molar-refractivity contribution in [3.05, 3.63) is 58.7 Å². The number of aromatic amines is 1. The number of aromatic nitrogens is 2. The van der Waals surface area contributed by atoms with Crippen LogP contribution < -0.4 is 0 Å². The predicted octanol–water partition coefficient (Wildman–Crippen LogP) is 3.80. The van der Waals surface area contributed by atoms with E-state index in [1.54, 1.807) is 26.0 Å². The fourth-order valence-electron chi connectivity index (χ4n) is 3.10. The molecule has 1 N–H and O–H groups in total. The summed E-state index contributed by atoms with van der Waals surface area (Å²) in [5.74, 6) is -0.970. The lowest BCUT2D eigenvalue weighted by atomic mass is 10.0. The van der Waals surface area contributed by atoms with E-state index in [2.05, 4.69) is 9.97 Å². The van der Waals surface area contributed by atoms with E-state index >= 15 is 0 Å². The summed E-state index contributed by atoms with van der Waals surface area (Å²) in [4.78, 5) is 43.5. The van der Waals surface area contributed by atoms with Gasteiger partial charge in [-0.05, 0) is 45.4 Å². The Morgan fingerprint density at radius 1 is 1.21 bits per heavy atom. The Kier molecular flexibility index (Phi) is 5.26. The molecule has 0 aliphatic carbocycles. The van der Waals surface area contributed by atoms with E-state index in [9.17, 15) is 14.4 Å². The van der Waals surface area contributed by atoms with Gasteiger partial charge in [0, 0.05) is 23.4 Å². The number of hydrogen-bond donors (Lipinski definition) is 1. The van der Waals surface area contributed by atoms with Gasteiger partial charge in [0.05, 0.1) is 5.69 Å². The number of nitrogens with zero attached hydrogens (tertiary/aromatic N) is 1. The summed E-state index contributed by atoms with van der Waals surface area (Å²) < 4.78 is 10.7. The van der Waals surface area contributed by atoms with Gasteiger partial charge in [0.1, 0.15) is 5.52 Å². The predicted molar refractivity (Wildman–Crippen MR) is 103 cm³/mol. The van der Waals surface area contributed by atoms with Crippen LogP contribution >= 0.6 is 0 Å². The highest BCUT2D eigenvalue weighted by Gasteiger charge is 2.25. The second-order valence-electron chi connectivity index (χ2n) is 6.48. The molecule has 7 heteroatoms. The van der Waals surface area contributed by atoms with E-state index in [-0.39, 0.29) is 17.4 Å². The average molecular weight is 380 g/mol. The molecule has 0 radical (unpaired) electrons. The second kappa shape index (κ2) is 7.64. The molecule has 0 saturated heterocycles. The van der Waals surface area contributed by atoms with Crippen LogP contribution in [0.15, 0.2) is 34.8 Å². The SMILES string of the molecule is CC(=O)c1c(C)[nH]c(C(=O)C(C)OC(=O)/C=C/c2nc3ccccc3o2)c1C. The number of hydrogen-bond acceptors (Lipinski definition) is 6. The Labute approximate surface area is 161 Å². The number of para-hydroxylation sites is 2. The Hall–Kier alpha value is -3.48. The average Bonchev–Trinajstić information content (AvgIpc) is 3.19. The number of benzene rings is 1. The smallest absolute Gasteiger partial charge is 0.331 e. The Morgan fingerprint density at radius 3 is 2.57 bits per heavy atom. The number of rotatable bonds is 6. The van der Waals surface area contributed by atoms with Crippen LogP contribution in [-0.2, 0) is 9.53 Å².